The SMILES string of the molecule is CCCCCCCCCCCCCCN(CCCCCCCCCCCCCC)C(=O)C(N)CCCCN. The molecule has 0 aliphatic heterocycles. The van der Waals surface area contributed by atoms with Crippen molar-refractivity contribution in [1.82, 2.24) is 4.90 Å². The third-order valence-electron chi connectivity index (χ3n) is 8.16. The van der Waals surface area contributed by atoms with Gasteiger partial charge in [-0.15, -0.1) is 0 Å². The maximum absolute atomic E-state index is 13.1. The highest BCUT2D eigenvalue weighted by Crippen LogP contribution is 2.15. The molecule has 1 amide bonds. The summed E-state index contributed by atoms with van der Waals surface area (Å²) in [5.74, 6) is 0.174. The average Bonchev–Trinajstić information content (AvgIpc) is 2.92. The number of amides is 1. The predicted molar refractivity (Wildman–Crippen MR) is 170 cm³/mol. The van der Waals surface area contributed by atoms with Crippen LogP contribution >= 0.6 is 0 Å². The molecule has 1 unspecified atom stereocenters. The Bertz CT molecular complexity index is 443. The van der Waals surface area contributed by atoms with Crippen LogP contribution in [0.5, 0.6) is 0 Å². The van der Waals surface area contributed by atoms with Gasteiger partial charge in [0, 0.05) is 13.1 Å². The molecule has 4 N–H and O–H groups in total. The molecular weight excluding hydrogens is 466 g/mol. The van der Waals surface area contributed by atoms with Crippen molar-refractivity contribution in [2.75, 3.05) is 19.6 Å². The lowest BCUT2D eigenvalue weighted by Gasteiger charge is -2.26. The Labute approximate surface area is 239 Å². The summed E-state index contributed by atoms with van der Waals surface area (Å²) in [4.78, 5) is 15.2. The fourth-order valence-corrected chi connectivity index (χ4v) is 5.49. The molecular formula is C34H71N3O. The maximum atomic E-state index is 13.1. The molecule has 4 heteroatoms. The maximum Gasteiger partial charge on any atom is 0.239 e. The van der Waals surface area contributed by atoms with E-state index in [-0.39, 0.29) is 11.9 Å². The molecule has 1 atom stereocenters. The van der Waals surface area contributed by atoms with Gasteiger partial charge in [-0.2, -0.15) is 0 Å². The minimum Gasteiger partial charge on any atom is -0.341 e. The van der Waals surface area contributed by atoms with E-state index >= 15 is 0 Å². The fourth-order valence-electron chi connectivity index (χ4n) is 5.49. The first-order chi connectivity index (χ1) is 18.7. The van der Waals surface area contributed by atoms with Gasteiger partial charge in [-0.05, 0) is 32.2 Å². The fraction of sp³-hybridized carbons (Fsp3) is 0.971. The number of carbonyl (C=O) groups is 1. The van der Waals surface area contributed by atoms with E-state index in [4.69, 9.17) is 11.5 Å². The normalized spacial score (nSPS) is 12.2. The zero-order chi connectivity index (χ0) is 27.9. The summed E-state index contributed by atoms with van der Waals surface area (Å²) < 4.78 is 0. The highest BCUT2D eigenvalue weighted by Gasteiger charge is 2.20. The number of rotatable bonds is 31. The third-order valence-corrected chi connectivity index (χ3v) is 8.16. The van der Waals surface area contributed by atoms with Crippen LogP contribution in [0.1, 0.15) is 187 Å². The third kappa shape index (κ3) is 25.7. The first-order valence-corrected chi connectivity index (χ1v) is 17.4. The van der Waals surface area contributed by atoms with E-state index in [0.29, 0.717) is 6.54 Å². The van der Waals surface area contributed by atoms with Gasteiger partial charge in [0.2, 0.25) is 5.91 Å². The van der Waals surface area contributed by atoms with E-state index < -0.39 is 0 Å². The number of hydrogen-bond acceptors (Lipinski definition) is 3. The van der Waals surface area contributed by atoms with Gasteiger partial charge in [0.25, 0.3) is 0 Å². The number of unbranched alkanes of at least 4 members (excludes halogenated alkanes) is 23. The van der Waals surface area contributed by atoms with E-state index in [1.165, 1.54) is 141 Å². The van der Waals surface area contributed by atoms with Crippen LogP contribution in [0, 0.1) is 0 Å². The largest absolute Gasteiger partial charge is 0.341 e. The molecule has 0 aliphatic carbocycles. The Morgan fingerprint density at radius 3 is 1.13 bits per heavy atom. The van der Waals surface area contributed by atoms with Crippen LogP contribution < -0.4 is 11.5 Å². The van der Waals surface area contributed by atoms with E-state index in [2.05, 4.69) is 18.7 Å². The molecule has 0 bridgehead atoms. The van der Waals surface area contributed by atoms with Crippen molar-refractivity contribution in [2.24, 2.45) is 11.5 Å². The predicted octanol–water partition coefficient (Wildman–Crippen LogP) is 9.67. The van der Waals surface area contributed by atoms with Crippen LogP contribution in [0.2, 0.25) is 0 Å². The van der Waals surface area contributed by atoms with Gasteiger partial charge in [0.05, 0.1) is 6.04 Å². The van der Waals surface area contributed by atoms with Crippen LogP contribution in [0.15, 0.2) is 0 Å². The minimum absolute atomic E-state index is 0.174. The van der Waals surface area contributed by atoms with Gasteiger partial charge >= 0.3 is 0 Å². The number of hydrogen-bond donors (Lipinski definition) is 2. The first-order valence-electron chi connectivity index (χ1n) is 17.4. The lowest BCUT2D eigenvalue weighted by atomic mass is 10.0. The van der Waals surface area contributed by atoms with E-state index in [0.717, 1.165) is 45.2 Å². The second kappa shape index (κ2) is 30.9. The second-order valence-corrected chi connectivity index (χ2v) is 12.0. The smallest absolute Gasteiger partial charge is 0.239 e. The summed E-state index contributed by atoms with van der Waals surface area (Å²) in [6, 6.07) is -0.351. The lowest BCUT2D eigenvalue weighted by Crippen LogP contribution is -2.44. The van der Waals surface area contributed by atoms with Gasteiger partial charge in [0.15, 0.2) is 0 Å². The zero-order valence-electron chi connectivity index (χ0n) is 26.3. The van der Waals surface area contributed by atoms with Crippen LogP contribution in [0.25, 0.3) is 0 Å². The molecule has 0 rings (SSSR count). The molecule has 4 nitrogen and oxygen atoms in total. The molecule has 0 aromatic heterocycles. The number of nitrogens with two attached hydrogens (primary N) is 2. The Kier molecular flexibility index (Phi) is 30.4. The van der Waals surface area contributed by atoms with Gasteiger partial charge in [0.1, 0.15) is 0 Å². The van der Waals surface area contributed by atoms with Crippen LogP contribution in [0.4, 0.5) is 0 Å². The van der Waals surface area contributed by atoms with Crippen molar-refractivity contribution in [3.05, 3.63) is 0 Å². The molecule has 0 saturated carbocycles. The summed E-state index contributed by atoms with van der Waals surface area (Å²) in [7, 11) is 0. The Morgan fingerprint density at radius 2 is 0.816 bits per heavy atom. The van der Waals surface area contributed by atoms with Gasteiger partial charge in [-0.1, -0.05) is 162 Å². The van der Waals surface area contributed by atoms with E-state index in [9.17, 15) is 4.79 Å². The molecule has 0 aromatic rings. The topological polar surface area (TPSA) is 72.3 Å². The molecule has 0 aromatic carbocycles. The second-order valence-electron chi connectivity index (χ2n) is 12.0. The molecule has 0 spiro atoms. The van der Waals surface area contributed by atoms with E-state index in [1.54, 1.807) is 0 Å². The molecule has 228 valence electrons. The van der Waals surface area contributed by atoms with Crippen molar-refractivity contribution < 1.29 is 4.79 Å². The standard InChI is InChI=1S/C34H71N3O/c1-3-5-7-9-11-13-15-17-19-21-23-27-31-37(34(38)33(36)29-25-26-30-35)32-28-24-22-20-18-16-14-12-10-8-6-4-2/h33H,3-32,35-36H2,1-2H3. The van der Waals surface area contributed by atoms with Crippen LogP contribution in [0.3, 0.4) is 0 Å². The Hall–Kier alpha value is -0.610. The number of nitrogens with zero attached hydrogens (tertiary/aromatic N) is 1. The highest BCUT2D eigenvalue weighted by molar-refractivity contribution is 5.81. The Morgan fingerprint density at radius 1 is 0.500 bits per heavy atom. The average molecular weight is 538 g/mol. The molecule has 0 saturated heterocycles. The van der Waals surface area contributed by atoms with Gasteiger partial charge in [-0.3, -0.25) is 4.79 Å². The Balaban J connectivity index is 4.03. The quantitative estimate of drug-likeness (QED) is 0.0864. The van der Waals surface area contributed by atoms with Crippen LogP contribution in [-0.2, 0) is 4.79 Å². The summed E-state index contributed by atoms with van der Waals surface area (Å²) in [5, 5.41) is 0. The molecule has 0 fully saturated rings. The monoisotopic (exact) mass is 538 g/mol. The minimum atomic E-state index is -0.351. The van der Waals surface area contributed by atoms with E-state index in [1.807, 2.05) is 0 Å². The molecule has 0 radical (unpaired) electrons. The lowest BCUT2D eigenvalue weighted by molar-refractivity contribution is -0.133. The van der Waals surface area contributed by atoms with Crippen molar-refractivity contribution in [1.29, 1.82) is 0 Å². The van der Waals surface area contributed by atoms with Crippen molar-refractivity contribution in [3.63, 3.8) is 0 Å². The summed E-state index contributed by atoms with van der Waals surface area (Å²) >= 11 is 0. The summed E-state index contributed by atoms with van der Waals surface area (Å²) in [6.07, 6.45) is 35.1. The number of carbonyl (C=O) groups excluding carboxylic acids is 1. The zero-order valence-corrected chi connectivity index (χ0v) is 26.3. The molecule has 38 heavy (non-hydrogen) atoms. The summed E-state index contributed by atoms with van der Waals surface area (Å²) in [6.45, 7) is 7.03. The van der Waals surface area contributed by atoms with Crippen molar-refractivity contribution in [3.8, 4) is 0 Å². The highest BCUT2D eigenvalue weighted by atomic mass is 16.2. The van der Waals surface area contributed by atoms with Crippen molar-refractivity contribution in [2.45, 2.75) is 193 Å². The molecule has 0 aliphatic rings. The van der Waals surface area contributed by atoms with Gasteiger partial charge < -0.3 is 16.4 Å². The van der Waals surface area contributed by atoms with Crippen molar-refractivity contribution >= 4 is 5.91 Å². The van der Waals surface area contributed by atoms with Gasteiger partial charge in [-0.25, -0.2) is 0 Å². The molecule has 0 heterocycles. The van der Waals surface area contributed by atoms with Crippen LogP contribution in [-0.4, -0.2) is 36.5 Å². The summed E-state index contributed by atoms with van der Waals surface area (Å²) in [5.41, 5.74) is 11.9. The first kappa shape index (κ1) is 37.4.